The molecule has 0 aliphatic carbocycles. The number of aliphatic hydroxyl groups excluding tert-OH is 1. The molecule has 0 aliphatic heterocycles. The Morgan fingerprint density at radius 2 is 1.84 bits per heavy atom. The minimum Gasteiger partial charge on any atom is -0.489 e. The Labute approximate surface area is 112 Å². The molecule has 0 amide bonds. The molecule has 0 aliphatic rings. The molecule has 19 heavy (non-hydrogen) atoms. The van der Waals surface area contributed by atoms with Crippen LogP contribution in [0.3, 0.4) is 0 Å². The lowest BCUT2D eigenvalue weighted by molar-refractivity contribution is 0.199. The lowest BCUT2D eigenvalue weighted by atomic mass is 10.1. The van der Waals surface area contributed by atoms with Crippen molar-refractivity contribution in [2.24, 2.45) is 0 Å². The van der Waals surface area contributed by atoms with Crippen LogP contribution in [-0.4, -0.2) is 5.11 Å². The van der Waals surface area contributed by atoms with Crippen LogP contribution in [0.5, 0.6) is 5.75 Å². The molecule has 0 saturated carbocycles. The van der Waals surface area contributed by atoms with Crippen LogP contribution in [0.25, 0.3) is 0 Å². The van der Waals surface area contributed by atoms with Crippen molar-refractivity contribution in [2.75, 3.05) is 0 Å². The van der Waals surface area contributed by atoms with E-state index in [-0.39, 0.29) is 5.82 Å². The lowest BCUT2D eigenvalue weighted by Crippen LogP contribution is -1.99. The van der Waals surface area contributed by atoms with Crippen LogP contribution in [0.15, 0.2) is 42.5 Å². The maximum Gasteiger partial charge on any atom is 0.123 e. The van der Waals surface area contributed by atoms with Crippen molar-refractivity contribution in [1.82, 2.24) is 0 Å². The standard InChI is InChI=1S/C16H17FO2/c1-11-9-15(17)6-3-14(11)10-19-16-7-4-13(5-8-16)12(2)18/h3-9,12,18H,10H2,1-2H3/t12-/m0/s1. The van der Waals surface area contributed by atoms with Crippen LogP contribution >= 0.6 is 0 Å². The van der Waals surface area contributed by atoms with E-state index in [2.05, 4.69) is 0 Å². The van der Waals surface area contributed by atoms with Gasteiger partial charge in [0, 0.05) is 0 Å². The van der Waals surface area contributed by atoms with Gasteiger partial charge in [0.1, 0.15) is 18.2 Å². The van der Waals surface area contributed by atoms with E-state index in [0.29, 0.717) is 6.61 Å². The van der Waals surface area contributed by atoms with Gasteiger partial charge in [-0.15, -0.1) is 0 Å². The summed E-state index contributed by atoms with van der Waals surface area (Å²) in [4.78, 5) is 0. The van der Waals surface area contributed by atoms with Crippen LogP contribution < -0.4 is 4.74 Å². The molecule has 0 heterocycles. The van der Waals surface area contributed by atoms with Crippen LogP contribution in [0.4, 0.5) is 4.39 Å². The highest BCUT2D eigenvalue weighted by Gasteiger charge is 2.03. The fourth-order valence-corrected chi connectivity index (χ4v) is 1.82. The van der Waals surface area contributed by atoms with Gasteiger partial charge in [-0.05, 0) is 54.8 Å². The van der Waals surface area contributed by atoms with E-state index in [1.54, 1.807) is 13.0 Å². The maximum absolute atomic E-state index is 13.0. The molecule has 2 aromatic carbocycles. The number of hydrogen-bond donors (Lipinski definition) is 1. The van der Waals surface area contributed by atoms with Crippen LogP contribution in [0, 0.1) is 12.7 Å². The molecule has 0 saturated heterocycles. The predicted octanol–water partition coefficient (Wildman–Crippen LogP) is 3.77. The second-order valence-electron chi connectivity index (χ2n) is 4.60. The van der Waals surface area contributed by atoms with Gasteiger partial charge in [0.2, 0.25) is 0 Å². The summed E-state index contributed by atoms with van der Waals surface area (Å²) in [5.74, 6) is 0.496. The van der Waals surface area contributed by atoms with Gasteiger partial charge in [0.15, 0.2) is 0 Å². The second kappa shape index (κ2) is 5.85. The van der Waals surface area contributed by atoms with E-state index < -0.39 is 6.10 Å². The quantitative estimate of drug-likeness (QED) is 0.906. The Balaban J connectivity index is 2.02. The molecule has 0 unspecified atom stereocenters. The minimum atomic E-state index is -0.478. The Morgan fingerprint density at radius 1 is 1.16 bits per heavy atom. The van der Waals surface area contributed by atoms with Crippen LogP contribution in [0.1, 0.15) is 29.7 Å². The van der Waals surface area contributed by atoms with Crippen molar-refractivity contribution in [3.63, 3.8) is 0 Å². The van der Waals surface area contributed by atoms with Gasteiger partial charge in [-0.2, -0.15) is 0 Å². The van der Waals surface area contributed by atoms with Crippen molar-refractivity contribution in [3.05, 3.63) is 65.0 Å². The first-order valence-corrected chi connectivity index (χ1v) is 6.22. The summed E-state index contributed by atoms with van der Waals surface area (Å²) in [6.45, 7) is 3.98. The van der Waals surface area contributed by atoms with Crippen LogP contribution in [0.2, 0.25) is 0 Å². The van der Waals surface area contributed by atoms with Crippen molar-refractivity contribution in [2.45, 2.75) is 26.6 Å². The number of benzene rings is 2. The number of aliphatic hydroxyl groups is 1. The average Bonchev–Trinajstić information content (AvgIpc) is 2.38. The minimum absolute atomic E-state index is 0.234. The number of ether oxygens (including phenoxy) is 1. The fourth-order valence-electron chi connectivity index (χ4n) is 1.82. The van der Waals surface area contributed by atoms with Crippen molar-refractivity contribution >= 4 is 0 Å². The Bertz CT molecular complexity index is 547. The van der Waals surface area contributed by atoms with Crippen molar-refractivity contribution < 1.29 is 14.2 Å². The third kappa shape index (κ3) is 3.55. The first kappa shape index (κ1) is 13.6. The summed E-state index contributed by atoms with van der Waals surface area (Å²) in [5, 5.41) is 9.41. The molecule has 1 atom stereocenters. The molecule has 0 radical (unpaired) electrons. The summed E-state index contributed by atoms with van der Waals surface area (Å²) in [7, 11) is 0. The molecule has 2 aromatic rings. The van der Waals surface area contributed by atoms with Gasteiger partial charge in [-0.25, -0.2) is 4.39 Å². The Hall–Kier alpha value is -1.87. The fraction of sp³-hybridized carbons (Fsp3) is 0.250. The summed E-state index contributed by atoms with van der Waals surface area (Å²) >= 11 is 0. The molecule has 0 fully saturated rings. The molecule has 1 N–H and O–H groups in total. The predicted molar refractivity (Wildman–Crippen MR) is 72.5 cm³/mol. The van der Waals surface area contributed by atoms with E-state index in [1.807, 2.05) is 31.2 Å². The topological polar surface area (TPSA) is 29.5 Å². The molecular weight excluding hydrogens is 243 g/mol. The highest BCUT2D eigenvalue weighted by atomic mass is 19.1. The third-order valence-corrected chi connectivity index (χ3v) is 3.06. The molecule has 0 aromatic heterocycles. The van der Waals surface area contributed by atoms with Gasteiger partial charge in [-0.1, -0.05) is 18.2 Å². The van der Waals surface area contributed by atoms with Gasteiger partial charge in [0.25, 0.3) is 0 Å². The Morgan fingerprint density at radius 3 is 2.42 bits per heavy atom. The normalized spacial score (nSPS) is 12.2. The number of aryl methyl sites for hydroxylation is 1. The molecule has 0 spiro atoms. The molecule has 100 valence electrons. The van der Waals surface area contributed by atoms with Gasteiger partial charge >= 0.3 is 0 Å². The third-order valence-electron chi connectivity index (χ3n) is 3.06. The lowest BCUT2D eigenvalue weighted by Gasteiger charge is -2.10. The van der Waals surface area contributed by atoms with Gasteiger partial charge < -0.3 is 9.84 Å². The summed E-state index contributed by atoms with van der Waals surface area (Å²) in [6.07, 6.45) is -0.478. The average molecular weight is 260 g/mol. The molecule has 2 rings (SSSR count). The van der Waals surface area contributed by atoms with E-state index in [0.717, 1.165) is 22.4 Å². The van der Waals surface area contributed by atoms with Crippen molar-refractivity contribution in [1.29, 1.82) is 0 Å². The summed E-state index contributed by atoms with van der Waals surface area (Å²) < 4.78 is 18.6. The number of hydrogen-bond acceptors (Lipinski definition) is 2. The summed E-state index contributed by atoms with van der Waals surface area (Å²) in [6, 6.07) is 12.0. The largest absolute Gasteiger partial charge is 0.489 e. The van der Waals surface area contributed by atoms with E-state index in [4.69, 9.17) is 4.74 Å². The zero-order valence-corrected chi connectivity index (χ0v) is 11.1. The van der Waals surface area contributed by atoms with E-state index >= 15 is 0 Å². The first-order valence-electron chi connectivity index (χ1n) is 6.22. The molecule has 0 bridgehead atoms. The van der Waals surface area contributed by atoms with E-state index in [9.17, 15) is 9.50 Å². The van der Waals surface area contributed by atoms with E-state index in [1.165, 1.54) is 12.1 Å². The Kier molecular flexibility index (Phi) is 4.17. The van der Waals surface area contributed by atoms with Crippen LogP contribution in [-0.2, 0) is 6.61 Å². The monoisotopic (exact) mass is 260 g/mol. The molecule has 2 nitrogen and oxygen atoms in total. The number of halogens is 1. The van der Waals surface area contributed by atoms with Gasteiger partial charge in [-0.3, -0.25) is 0 Å². The SMILES string of the molecule is Cc1cc(F)ccc1COc1ccc([C@H](C)O)cc1. The van der Waals surface area contributed by atoms with Gasteiger partial charge in [0.05, 0.1) is 6.10 Å². The molecule has 3 heteroatoms. The first-order chi connectivity index (χ1) is 9.06. The zero-order valence-electron chi connectivity index (χ0n) is 11.1. The summed E-state index contributed by atoms with van der Waals surface area (Å²) in [5.41, 5.74) is 2.69. The maximum atomic E-state index is 13.0. The smallest absolute Gasteiger partial charge is 0.123 e. The molecular formula is C16H17FO2. The zero-order chi connectivity index (χ0) is 13.8. The second-order valence-corrected chi connectivity index (χ2v) is 4.60. The highest BCUT2D eigenvalue weighted by Crippen LogP contribution is 2.19. The number of rotatable bonds is 4. The van der Waals surface area contributed by atoms with Crippen molar-refractivity contribution in [3.8, 4) is 5.75 Å². The highest BCUT2D eigenvalue weighted by molar-refractivity contribution is 5.30.